The Labute approximate surface area is 69.8 Å². The SMILES string of the molecule is Cc1c(C=O)ccc2ccoc12. The molecule has 60 valence electrons. The Bertz CT molecular complexity index is 426. The molecule has 0 amide bonds. The summed E-state index contributed by atoms with van der Waals surface area (Å²) in [6.07, 6.45) is 2.48. The molecule has 1 aromatic heterocycles. The highest BCUT2D eigenvalue weighted by Crippen LogP contribution is 2.21. The summed E-state index contributed by atoms with van der Waals surface area (Å²) >= 11 is 0. The minimum Gasteiger partial charge on any atom is -0.464 e. The summed E-state index contributed by atoms with van der Waals surface area (Å²) in [4.78, 5) is 10.6. The number of furan rings is 1. The van der Waals surface area contributed by atoms with Gasteiger partial charge in [0.2, 0.25) is 0 Å². The first-order valence-corrected chi connectivity index (χ1v) is 3.75. The molecular weight excluding hydrogens is 152 g/mol. The highest BCUT2D eigenvalue weighted by Gasteiger charge is 2.04. The lowest BCUT2D eigenvalue weighted by Gasteiger charge is -1.97. The lowest BCUT2D eigenvalue weighted by Crippen LogP contribution is -1.84. The Morgan fingerprint density at radius 3 is 2.92 bits per heavy atom. The van der Waals surface area contributed by atoms with E-state index in [2.05, 4.69) is 0 Å². The second-order valence-electron chi connectivity index (χ2n) is 2.74. The lowest BCUT2D eigenvalue weighted by atomic mass is 10.1. The third-order valence-electron chi connectivity index (χ3n) is 2.04. The minimum atomic E-state index is 0.692. The van der Waals surface area contributed by atoms with Gasteiger partial charge in [-0.1, -0.05) is 12.1 Å². The zero-order valence-corrected chi connectivity index (χ0v) is 6.70. The van der Waals surface area contributed by atoms with Crippen LogP contribution < -0.4 is 0 Å². The first-order valence-electron chi connectivity index (χ1n) is 3.75. The van der Waals surface area contributed by atoms with Crippen molar-refractivity contribution in [1.29, 1.82) is 0 Å². The van der Waals surface area contributed by atoms with E-state index in [1.165, 1.54) is 0 Å². The van der Waals surface area contributed by atoms with Crippen LogP contribution in [0.4, 0.5) is 0 Å². The fraction of sp³-hybridized carbons (Fsp3) is 0.100. The van der Waals surface area contributed by atoms with Crippen LogP contribution in [0.5, 0.6) is 0 Å². The molecule has 2 rings (SSSR count). The van der Waals surface area contributed by atoms with Crippen molar-refractivity contribution in [3.63, 3.8) is 0 Å². The van der Waals surface area contributed by atoms with Crippen molar-refractivity contribution >= 4 is 17.3 Å². The highest BCUT2D eigenvalue weighted by atomic mass is 16.3. The van der Waals surface area contributed by atoms with Crippen LogP contribution in [0.1, 0.15) is 15.9 Å². The predicted molar refractivity (Wildman–Crippen MR) is 46.3 cm³/mol. The number of aryl methyl sites for hydroxylation is 1. The quantitative estimate of drug-likeness (QED) is 0.600. The number of carbonyl (C=O) groups excluding carboxylic acids is 1. The maximum absolute atomic E-state index is 10.6. The lowest BCUT2D eigenvalue weighted by molar-refractivity contribution is 0.112. The molecule has 0 atom stereocenters. The molecule has 0 saturated carbocycles. The molecule has 1 aromatic carbocycles. The van der Waals surface area contributed by atoms with E-state index in [-0.39, 0.29) is 0 Å². The third kappa shape index (κ3) is 0.848. The van der Waals surface area contributed by atoms with E-state index >= 15 is 0 Å². The fourth-order valence-corrected chi connectivity index (χ4v) is 1.32. The summed E-state index contributed by atoms with van der Waals surface area (Å²) in [6.45, 7) is 1.88. The van der Waals surface area contributed by atoms with Gasteiger partial charge in [-0.25, -0.2) is 0 Å². The average Bonchev–Trinajstić information content (AvgIpc) is 2.53. The minimum absolute atomic E-state index is 0.692. The van der Waals surface area contributed by atoms with Crippen LogP contribution in [0.15, 0.2) is 28.9 Å². The molecule has 0 radical (unpaired) electrons. The average molecular weight is 160 g/mol. The van der Waals surface area contributed by atoms with Gasteiger partial charge in [-0.15, -0.1) is 0 Å². The van der Waals surface area contributed by atoms with Crippen LogP contribution in [0.3, 0.4) is 0 Å². The summed E-state index contributed by atoms with van der Waals surface area (Å²) in [5.74, 6) is 0. The normalized spacial score (nSPS) is 10.4. The molecule has 0 spiro atoms. The highest BCUT2D eigenvalue weighted by molar-refractivity contribution is 5.89. The molecule has 0 bridgehead atoms. The van der Waals surface area contributed by atoms with Crippen molar-refractivity contribution in [2.75, 3.05) is 0 Å². The maximum atomic E-state index is 10.6. The molecule has 0 saturated heterocycles. The van der Waals surface area contributed by atoms with E-state index in [1.54, 1.807) is 12.3 Å². The van der Waals surface area contributed by atoms with Crippen LogP contribution >= 0.6 is 0 Å². The number of hydrogen-bond donors (Lipinski definition) is 0. The number of carbonyl (C=O) groups is 1. The molecule has 0 N–H and O–H groups in total. The van der Waals surface area contributed by atoms with E-state index in [0.29, 0.717) is 5.56 Å². The van der Waals surface area contributed by atoms with Crippen LogP contribution in [0, 0.1) is 6.92 Å². The summed E-state index contributed by atoms with van der Waals surface area (Å²) in [7, 11) is 0. The molecule has 1 heterocycles. The fourth-order valence-electron chi connectivity index (χ4n) is 1.32. The zero-order chi connectivity index (χ0) is 8.55. The Morgan fingerprint density at radius 1 is 1.33 bits per heavy atom. The van der Waals surface area contributed by atoms with Gasteiger partial charge in [-0.3, -0.25) is 4.79 Å². The molecule has 12 heavy (non-hydrogen) atoms. The van der Waals surface area contributed by atoms with Crippen molar-refractivity contribution in [2.45, 2.75) is 6.92 Å². The van der Waals surface area contributed by atoms with Crippen molar-refractivity contribution in [1.82, 2.24) is 0 Å². The van der Waals surface area contributed by atoms with Crippen molar-refractivity contribution < 1.29 is 9.21 Å². The smallest absolute Gasteiger partial charge is 0.150 e. The third-order valence-corrected chi connectivity index (χ3v) is 2.04. The van der Waals surface area contributed by atoms with Crippen molar-refractivity contribution in [3.8, 4) is 0 Å². The van der Waals surface area contributed by atoms with Crippen LogP contribution in [0.25, 0.3) is 11.0 Å². The first kappa shape index (κ1) is 7.10. The monoisotopic (exact) mass is 160 g/mol. The number of benzene rings is 1. The second kappa shape index (κ2) is 2.48. The van der Waals surface area contributed by atoms with E-state index in [1.807, 2.05) is 19.1 Å². The van der Waals surface area contributed by atoms with E-state index < -0.39 is 0 Å². The van der Waals surface area contributed by atoms with Gasteiger partial charge in [0, 0.05) is 16.5 Å². The summed E-state index contributed by atoms with van der Waals surface area (Å²) in [5, 5.41) is 1.04. The van der Waals surface area contributed by atoms with Crippen LogP contribution in [-0.2, 0) is 0 Å². The molecule has 2 heteroatoms. The molecule has 2 aromatic rings. The van der Waals surface area contributed by atoms with E-state index in [4.69, 9.17) is 4.42 Å². The Kier molecular flexibility index (Phi) is 1.47. The zero-order valence-electron chi connectivity index (χ0n) is 6.70. The van der Waals surface area contributed by atoms with E-state index in [0.717, 1.165) is 22.8 Å². The molecule has 0 aliphatic rings. The maximum Gasteiger partial charge on any atom is 0.150 e. The number of aldehydes is 1. The van der Waals surface area contributed by atoms with Gasteiger partial charge in [0.05, 0.1) is 6.26 Å². The van der Waals surface area contributed by atoms with Gasteiger partial charge in [-0.2, -0.15) is 0 Å². The Morgan fingerprint density at radius 2 is 2.17 bits per heavy atom. The van der Waals surface area contributed by atoms with Gasteiger partial charge < -0.3 is 4.42 Å². The van der Waals surface area contributed by atoms with Crippen molar-refractivity contribution in [3.05, 3.63) is 35.6 Å². The summed E-state index contributed by atoms with van der Waals surface area (Å²) < 4.78 is 5.23. The van der Waals surface area contributed by atoms with Gasteiger partial charge in [-0.05, 0) is 13.0 Å². The first-order chi connectivity index (χ1) is 5.83. The summed E-state index contributed by atoms with van der Waals surface area (Å²) in [6, 6.07) is 5.58. The van der Waals surface area contributed by atoms with Gasteiger partial charge in [0.25, 0.3) is 0 Å². The van der Waals surface area contributed by atoms with Gasteiger partial charge in [0.1, 0.15) is 11.9 Å². The van der Waals surface area contributed by atoms with Crippen LogP contribution in [0.2, 0.25) is 0 Å². The largest absolute Gasteiger partial charge is 0.464 e. The molecule has 0 unspecified atom stereocenters. The predicted octanol–water partition coefficient (Wildman–Crippen LogP) is 2.55. The van der Waals surface area contributed by atoms with Crippen molar-refractivity contribution in [2.24, 2.45) is 0 Å². The molecular formula is C10H8O2. The molecule has 0 aliphatic carbocycles. The number of fused-ring (bicyclic) bond motifs is 1. The number of hydrogen-bond acceptors (Lipinski definition) is 2. The van der Waals surface area contributed by atoms with Gasteiger partial charge in [0.15, 0.2) is 0 Å². The Hall–Kier alpha value is -1.57. The second-order valence-corrected chi connectivity index (χ2v) is 2.74. The van der Waals surface area contributed by atoms with E-state index in [9.17, 15) is 4.79 Å². The Balaban J connectivity index is 2.86. The molecule has 2 nitrogen and oxygen atoms in total. The standard InChI is InChI=1S/C10H8O2/c1-7-9(6-11)3-2-8-4-5-12-10(7)8/h2-6H,1H3. The van der Waals surface area contributed by atoms with Gasteiger partial charge >= 0.3 is 0 Å². The number of rotatable bonds is 1. The van der Waals surface area contributed by atoms with Crippen LogP contribution in [-0.4, -0.2) is 6.29 Å². The summed E-state index contributed by atoms with van der Waals surface area (Å²) in [5.41, 5.74) is 2.41. The molecule has 0 aliphatic heterocycles. The molecule has 0 fully saturated rings. The topological polar surface area (TPSA) is 30.2 Å².